The number of aliphatic carboxylic acids is 1. The van der Waals surface area contributed by atoms with Crippen molar-refractivity contribution >= 4 is 23.6 Å². The molecule has 1 aromatic rings. The highest BCUT2D eigenvalue weighted by atomic mass is 32.1. The molecule has 0 saturated carbocycles. The number of hydrogen-bond acceptors (Lipinski definition) is 5. The van der Waals surface area contributed by atoms with Gasteiger partial charge in [0.1, 0.15) is 11.3 Å². The van der Waals surface area contributed by atoms with Crippen molar-refractivity contribution in [1.82, 2.24) is 10.3 Å². The van der Waals surface area contributed by atoms with Crippen molar-refractivity contribution < 1.29 is 14.7 Å². The van der Waals surface area contributed by atoms with Gasteiger partial charge in [-0.2, -0.15) is 0 Å². The van der Waals surface area contributed by atoms with Crippen molar-refractivity contribution in [1.29, 1.82) is 0 Å². The van der Waals surface area contributed by atoms with Crippen LogP contribution in [0.15, 0.2) is 11.6 Å². The zero-order valence-corrected chi connectivity index (χ0v) is 8.37. The highest BCUT2D eigenvalue weighted by molar-refractivity contribution is 7.09. The van der Waals surface area contributed by atoms with Crippen molar-refractivity contribution in [2.24, 2.45) is 0 Å². The van der Waals surface area contributed by atoms with E-state index in [0.29, 0.717) is 11.3 Å². The number of carboxylic acid groups (broad SMARTS) is 1. The molecule has 14 heavy (non-hydrogen) atoms. The summed E-state index contributed by atoms with van der Waals surface area (Å²) in [5.74, 6) is -1.10. The summed E-state index contributed by atoms with van der Waals surface area (Å²) in [4.78, 5) is 25.5. The number of rotatable bonds is 5. The molecule has 0 bridgehead atoms. The van der Waals surface area contributed by atoms with Gasteiger partial charge in [0.15, 0.2) is 5.54 Å². The summed E-state index contributed by atoms with van der Waals surface area (Å²) in [5.41, 5.74) is -1.38. The SMILES string of the molecule is CNC(CC=O)(C(=O)O)c1nccs1. The third kappa shape index (κ3) is 1.66. The van der Waals surface area contributed by atoms with Crippen molar-refractivity contribution in [3.63, 3.8) is 0 Å². The summed E-state index contributed by atoms with van der Waals surface area (Å²) in [6.07, 6.45) is 1.96. The molecule has 2 N–H and O–H groups in total. The van der Waals surface area contributed by atoms with Crippen LogP contribution in [-0.4, -0.2) is 29.4 Å². The highest BCUT2D eigenvalue weighted by Gasteiger charge is 2.41. The van der Waals surface area contributed by atoms with Crippen LogP contribution in [0, 0.1) is 0 Å². The number of carbonyl (C=O) groups is 2. The van der Waals surface area contributed by atoms with Crippen molar-refractivity contribution in [2.45, 2.75) is 12.0 Å². The lowest BCUT2D eigenvalue weighted by Gasteiger charge is -2.24. The van der Waals surface area contributed by atoms with Crippen LogP contribution in [0.4, 0.5) is 0 Å². The van der Waals surface area contributed by atoms with E-state index in [4.69, 9.17) is 5.11 Å². The Morgan fingerprint density at radius 1 is 1.86 bits per heavy atom. The Labute approximate surface area is 84.8 Å². The molecular weight excluding hydrogens is 204 g/mol. The Hall–Kier alpha value is -1.27. The summed E-state index contributed by atoms with van der Waals surface area (Å²) >= 11 is 1.21. The van der Waals surface area contributed by atoms with E-state index >= 15 is 0 Å². The summed E-state index contributed by atoms with van der Waals surface area (Å²) in [6, 6.07) is 0. The number of carboxylic acids is 1. The van der Waals surface area contributed by atoms with Gasteiger partial charge in [0, 0.05) is 18.0 Å². The second-order valence-electron chi connectivity index (χ2n) is 2.67. The van der Waals surface area contributed by atoms with Gasteiger partial charge in [-0.05, 0) is 7.05 Å². The smallest absolute Gasteiger partial charge is 0.331 e. The maximum Gasteiger partial charge on any atom is 0.331 e. The zero-order valence-electron chi connectivity index (χ0n) is 7.56. The minimum atomic E-state index is -1.38. The van der Waals surface area contributed by atoms with Gasteiger partial charge in [-0.15, -0.1) is 11.3 Å². The van der Waals surface area contributed by atoms with Gasteiger partial charge in [-0.3, -0.25) is 5.32 Å². The molecular formula is C8H10N2O3S. The Morgan fingerprint density at radius 2 is 2.57 bits per heavy atom. The minimum Gasteiger partial charge on any atom is -0.480 e. The topological polar surface area (TPSA) is 79.3 Å². The van der Waals surface area contributed by atoms with Crippen LogP contribution in [0.1, 0.15) is 11.4 Å². The number of aldehydes is 1. The van der Waals surface area contributed by atoms with Crippen LogP contribution in [0.3, 0.4) is 0 Å². The lowest BCUT2D eigenvalue weighted by molar-refractivity contribution is -0.146. The molecule has 1 atom stereocenters. The summed E-state index contributed by atoms with van der Waals surface area (Å²) < 4.78 is 0. The molecule has 0 saturated heterocycles. The number of nitrogens with one attached hydrogen (secondary N) is 1. The molecule has 0 aliphatic carbocycles. The first kappa shape index (κ1) is 10.8. The van der Waals surface area contributed by atoms with E-state index in [1.807, 2.05) is 0 Å². The maximum atomic E-state index is 11.1. The number of hydrogen-bond donors (Lipinski definition) is 2. The third-order valence-electron chi connectivity index (χ3n) is 1.98. The molecule has 76 valence electrons. The normalized spacial score (nSPS) is 14.6. The number of aromatic nitrogens is 1. The first-order valence-electron chi connectivity index (χ1n) is 3.93. The first-order valence-corrected chi connectivity index (χ1v) is 4.81. The Bertz CT molecular complexity index is 325. The summed E-state index contributed by atoms with van der Waals surface area (Å²) in [5, 5.41) is 13.8. The average Bonchev–Trinajstić information content (AvgIpc) is 2.66. The van der Waals surface area contributed by atoms with Crippen molar-refractivity contribution in [2.75, 3.05) is 7.05 Å². The molecule has 0 amide bonds. The van der Waals surface area contributed by atoms with Gasteiger partial charge >= 0.3 is 5.97 Å². The zero-order chi connectivity index (χ0) is 10.6. The fourth-order valence-corrected chi connectivity index (χ4v) is 1.99. The van der Waals surface area contributed by atoms with E-state index in [1.54, 1.807) is 5.38 Å². The van der Waals surface area contributed by atoms with Gasteiger partial charge in [-0.1, -0.05) is 0 Å². The van der Waals surface area contributed by atoms with E-state index in [2.05, 4.69) is 10.3 Å². The number of thiazole rings is 1. The number of nitrogens with zero attached hydrogens (tertiary/aromatic N) is 1. The second kappa shape index (κ2) is 4.30. The predicted octanol–water partition coefficient (Wildman–Crippen LogP) is 0.231. The lowest BCUT2D eigenvalue weighted by atomic mass is 9.97. The van der Waals surface area contributed by atoms with Gasteiger partial charge in [0.2, 0.25) is 0 Å². The molecule has 6 heteroatoms. The monoisotopic (exact) mass is 214 g/mol. The Morgan fingerprint density at radius 3 is 2.93 bits per heavy atom. The van der Waals surface area contributed by atoms with Crippen LogP contribution in [0.25, 0.3) is 0 Å². The van der Waals surface area contributed by atoms with Crippen LogP contribution >= 0.6 is 11.3 Å². The van der Waals surface area contributed by atoms with Gasteiger partial charge in [0.05, 0.1) is 0 Å². The molecule has 0 aliphatic rings. The Kier molecular flexibility index (Phi) is 3.32. The molecule has 0 radical (unpaired) electrons. The molecule has 5 nitrogen and oxygen atoms in total. The van der Waals surface area contributed by atoms with Crippen LogP contribution in [-0.2, 0) is 15.1 Å². The van der Waals surface area contributed by atoms with E-state index < -0.39 is 11.5 Å². The van der Waals surface area contributed by atoms with Crippen molar-refractivity contribution in [3.05, 3.63) is 16.6 Å². The molecule has 1 heterocycles. The van der Waals surface area contributed by atoms with Crippen LogP contribution in [0.5, 0.6) is 0 Å². The average molecular weight is 214 g/mol. The van der Waals surface area contributed by atoms with Crippen LogP contribution < -0.4 is 5.32 Å². The molecule has 0 fully saturated rings. The van der Waals surface area contributed by atoms with Gasteiger partial charge < -0.3 is 9.90 Å². The molecule has 1 aromatic heterocycles. The van der Waals surface area contributed by atoms with E-state index in [0.717, 1.165) is 0 Å². The number of carbonyl (C=O) groups excluding carboxylic acids is 1. The Balaban J connectivity index is 3.13. The second-order valence-corrected chi connectivity index (χ2v) is 3.56. The van der Waals surface area contributed by atoms with Gasteiger partial charge in [-0.25, -0.2) is 9.78 Å². The first-order chi connectivity index (χ1) is 6.67. The lowest BCUT2D eigenvalue weighted by Crippen LogP contribution is -2.47. The number of likely N-dealkylation sites (N-methyl/N-ethyl adjacent to an activating group) is 1. The predicted molar refractivity (Wildman–Crippen MR) is 51.2 cm³/mol. The molecule has 1 rings (SSSR count). The van der Waals surface area contributed by atoms with Crippen LogP contribution in [0.2, 0.25) is 0 Å². The minimum absolute atomic E-state index is 0.133. The highest BCUT2D eigenvalue weighted by Crippen LogP contribution is 2.26. The molecule has 0 aliphatic heterocycles. The van der Waals surface area contributed by atoms with E-state index in [-0.39, 0.29) is 6.42 Å². The molecule has 0 spiro atoms. The fourth-order valence-electron chi connectivity index (χ4n) is 1.14. The maximum absolute atomic E-state index is 11.1. The molecule has 1 unspecified atom stereocenters. The quantitative estimate of drug-likeness (QED) is 0.686. The largest absolute Gasteiger partial charge is 0.480 e. The standard InChI is InChI=1S/C8H10N2O3S/c1-9-8(2-4-11,7(12)13)6-10-3-5-14-6/h3-5,9H,2H2,1H3,(H,12,13). The summed E-state index contributed by atoms with van der Waals surface area (Å²) in [7, 11) is 1.50. The fraction of sp³-hybridized carbons (Fsp3) is 0.375. The molecule has 0 aromatic carbocycles. The van der Waals surface area contributed by atoms with E-state index in [9.17, 15) is 9.59 Å². The van der Waals surface area contributed by atoms with E-state index in [1.165, 1.54) is 24.6 Å². The third-order valence-corrected chi connectivity index (χ3v) is 2.91. The summed E-state index contributed by atoms with van der Waals surface area (Å²) in [6.45, 7) is 0. The van der Waals surface area contributed by atoms with Crippen molar-refractivity contribution in [3.8, 4) is 0 Å². The van der Waals surface area contributed by atoms with Gasteiger partial charge in [0.25, 0.3) is 0 Å².